The average Bonchev–Trinajstić information content (AvgIpc) is 3.05. The first-order chi connectivity index (χ1) is 16.4. The number of amides is 3. The van der Waals surface area contributed by atoms with E-state index in [-0.39, 0.29) is 17.2 Å². The molecule has 3 aromatic rings. The molecule has 0 unspecified atom stereocenters. The van der Waals surface area contributed by atoms with Gasteiger partial charge in [-0.1, -0.05) is 18.2 Å². The van der Waals surface area contributed by atoms with Gasteiger partial charge in [0, 0.05) is 24.4 Å². The van der Waals surface area contributed by atoms with E-state index < -0.39 is 17.6 Å². The highest BCUT2D eigenvalue weighted by Gasteiger charge is 2.40. The number of imide groups is 1. The molecular formula is C26H22FN3O4. The van der Waals surface area contributed by atoms with Crippen LogP contribution in [0.4, 0.5) is 21.5 Å². The number of benzene rings is 3. The fraction of sp³-hybridized carbons (Fsp3) is 0.115. The second kappa shape index (κ2) is 9.58. The number of rotatable bonds is 7. The Morgan fingerprint density at radius 2 is 1.62 bits per heavy atom. The van der Waals surface area contributed by atoms with Gasteiger partial charge < -0.3 is 15.4 Å². The summed E-state index contributed by atoms with van der Waals surface area (Å²) in [4.78, 5) is 39.3. The fourth-order valence-corrected chi connectivity index (χ4v) is 3.63. The summed E-state index contributed by atoms with van der Waals surface area (Å²) in [6.07, 6.45) is 0. The number of halogens is 1. The molecule has 0 saturated carbocycles. The molecule has 7 nitrogen and oxygen atoms in total. The maximum atomic E-state index is 13.5. The monoisotopic (exact) mass is 459 g/mol. The van der Waals surface area contributed by atoms with Crippen LogP contribution in [-0.2, 0) is 14.4 Å². The van der Waals surface area contributed by atoms with E-state index in [2.05, 4.69) is 10.6 Å². The second-order valence-electron chi connectivity index (χ2n) is 7.52. The number of hydrogen-bond donors (Lipinski definition) is 2. The quantitative estimate of drug-likeness (QED) is 0.505. The summed E-state index contributed by atoms with van der Waals surface area (Å²) in [5.74, 6) is -1.22. The van der Waals surface area contributed by atoms with Crippen LogP contribution in [0.25, 0.3) is 5.57 Å². The van der Waals surface area contributed by atoms with E-state index >= 15 is 0 Å². The maximum absolute atomic E-state index is 13.5. The first-order valence-corrected chi connectivity index (χ1v) is 10.6. The van der Waals surface area contributed by atoms with Crippen LogP contribution in [0.1, 0.15) is 19.4 Å². The fourth-order valence-electron chi connectivity index (χ4n) is 3.63. The largest absolute Gasteiger partial charge is 0.494 e. The predicted molar refractivity (Wildman–Crippen MR) is 128 cm³/mol. The Morgan fingerprint density at radius 3 is 2.26 bits per heavy atom. The minimum Gasteiger partial charge on any atom is -0.494 e. The molecule has 0 fully saturated rings. The molecule has 8 heteroatoms. The number of nitrogens with zero attached hydrogens (tertiary/aromatic N) is 1. The highest BCUT2D eigenvalue weighted by molar-refractivity contribution is 6.46. The molecule has 4 rings (SSSR count). The van der Waals surface area contributed by atoms with Gasteiger partial charge in [0.25, 0.3) is 11.8 Å². The molecule has 3 aromatic carbocycles. The smallest absolute Gasteiger partial charge is 0.282 e. The highest BCUT2D eigenvalue weighted by Crippen LogP contribution is 2.35. The van der Waals surface area contributed by atoms with Gasteiger partial charge in [-0.2, -0.15) is 0 Å². The third kappa shape index (κ3) is 4.66. The van der Waals surface area contributed by atoms with Crippen molar-refractivity contribution in [1.29, 1.82) is 0 Å². The van der Waals surface area contributed by atoms with Crippen LogP contribution >= 0.6 is 0 Å². The topological polar surface area (TPSA) is 87.7 Å². The van der Waals surface area contributed by atoms with E-state index in [9.17, 15) is 18.8 Å². The van der Waals surface area contributed by atoms with Gasteiger partial charge in [0.1, 0.15) is 17.3 Å². The second-order valence-corrected chi connectivity index (χ2v) is 7.52. The van der Waals surface area contributed by atoms with E-state index in [4.69, 9.17) is 4.74 Å². The number of carbonyl (C=O) groups is 3. The summed E-state index contributed by atoms with van der Waals surface area (Å²) >= 11 is 0. The highest BCUT2D eigenvalue weighted by atomic mass is 19.1. The molecular weight excluding hydrogens is 437 g/mol. The lowest BCUT2D eigenvalue weighted by atomic mass is 10.0. The molecule has 0 bridgehead atoms. The number of hydrogen-bond acceptors (Lipinski definition) is 5. The lowest BCUT2D eigenvalue weighted by Crippen LogP contribution is -2.32. The van der Waals surface area contributed by atoms with Crippen molar-refractivity contribution in [2.75, 3.05) is 22.1 Å². The standard InChI is InChI=1S/C26H22FN3O4/c1-3-34-22-6-4-5-21(15-22)30-25(32)23(17-7-9-18(27)10-8-17)24(26(30)33)29-20-13-11-19(12-14-20)28-16(2)31/h4-15,29H,3H2,1-2H3,(H,28,31). The van der Waals surface area contributed by atoms with E-state index in [1.807, 2.05) is 6.92 Å². The van der Waals surface area contributed by atoms with Crippen LogP contribution in [0.5, 0.6) is 5.75 Å². The number of ether oxygens (including phenoxy) is 1. The van der Waals surface area contributed by atoms with Gasteiger partial charge in [0.05, 0.1) is 17.9 Å². The summed E-state index contributed by atoms with van der Waals surface area (Å²) in [7, 11) is 0. The molecule has 0 saturated heterocycles. The number of carbonyl (C=O) groups excluding carboxylic acids is 3. The maximum Gasteiger partial charge on any atom is 0.282 e. The lowest BCUT2D eigenvalue weighted by molar-refractivity contribution is -0.120. The van der Waals surface area contributed by atoms with Gasteiger partial charge in [-0.25, -0.2) is 9.29 Å². The molecule has 2 N–H and O–H groups in total. The summed E-state index contributed by atoms with van der Waals surface area (Å²) in [5.41, 5.74) is 2.08. The Balaban J connectivity index is 1.73. The van der Waals surface area contributed by atoms with Gasteiger partial charge in [-0.05, 0) is 61.0 Å². The molecule has 0 spiro atoms. The first kappa shape index (κ1) is 22.7. The Hall–Kier alpha value is -4.46. The minimum absolute atomic E-state index is 0.0608. The van der Waals surface area contributed by atoms with Crippen LogP contribution < -0.4 is 20.3 Å². The Morgan fingerprint density at radius 1 is 0.941 bits per heavy atom. The van der Waals surface area contributed by atoms with Crippen molar-refractivity contribution in [3.05, 3.63) is 89.9 Å². The van der Waals surface area contributed by atoms with Crippen molar-refractivity contribution in [3.8, 4) is 5.75 Å². The van der Waals surface area contributed by atoms with Gasteiger partial charge >= 0.3 is 0 Å². The Bertz CT molecular complexity index is 1280. The SMILES string of the molecule is CCOc1cccc(N2C(=O)C(Nc3ccc(NC(C)=O)cc3)=C(c3ccc(F)cc3)C2=O)c1. The summed E-state index contributed by atoms with van der Waals surface area (Å²) in [6, 6.07) is 18.8. The molecule has 1 aliphatic heterocycles. The first-order valence-electron chi connectivity index (χ1n) is 10.6. The van der Waals surface area contributed by atoms with Gasteiger partial charge in [0.2, 0.25) is 5.91 Å². The molecule has 0 aliphatic carbocycles. The number of nitrogens with one attached hydrogen (secondary N) is 2. The summed E-state index contributed by atoms with van der Waals surface area (Å²) in [6.45, 7) is 3.68. The lowest BCUT2D eigenvalue weighted by Gasteiger charge is -2.16. The van der Waals surface area contributed by atoms with Gasteiger partial charge in [0.15, 0.2) is 0 Å². The third-order valence-electron chi connectivity index (χ3n) is 5.08. The molecule has 3 amide bonds. The van der Waals surface area contributed by atoms with Crippen LogP contribution in [-0.4, -0.2) is 24.3 Å². The summed E-state index contributed by atoms with van der Waals surface area (Å²) in [5, 5.41) is 5.70. The zero-order chi connectivity index (χ0) is 24.2. The molecule has 34 heavy (non-hydrogen) atoms. The van der Waals surface area contributed by atoms with Crippen molar-refractivity contribution in [2.24, 2.45) is 0 Å². The van der Waals surface area contributed by atoms with Gasteiger partial charge in [-0.15, -0.1) is 0 Å². The summed E-state index contributed by atoms with van der Waals surface area (Å²) < 4.78 is 19.1. The number of anilines is 3. The molecule has 0 atom stereocenters. The predicted octanol–water partition coefficient (Wildman–Crippen LogP) is 4.58. The van der Waals surface area contributed by atoms with E-state index in [0.29, 0.717) is 35.0 Å². The molecule has 1 heterocycles. The normalized spacial score (nSPS) is 13.3. The van der Waals surface area contributed by atoms with Gasteiger partial charge in [-0.3, -0.25) is 14.4 Å². The molecule has 0 radical (unpaired) electrons. The van der Waals surface area contributed by atoms with Crippen LogP contribution in [0.3, 0.4) is 0 Å². The van der Waals surface area contributed by atoms with Crippen LogP contribution in [0, 0.1) is 5.82 Å². The zero-order valence-electron chi connectivity index (χ0n) is 18.6. The van der Waals surface area contributed by atoms with Crippen molar-refractivity contribution in [1.82, 2.24) is 0 Å². The molecule has 1 aliphatic rings. The van der Waals surface area contributed by atoms with E-state index in [1.165, 1.54) is 31.2 Å². The van der Waals surface area contributed by atoms with E-state index in [0.717, 1.165) is 4.90 Å². The van der Waals surface area contributed by atoms with Crippen LogP contribution in [0.2, 0.25) is 0 Å². The Kier molecular flexibility index (Phi) is 6.40. The minimum atomic E-state index is -0.552. The molecule has 172 valence electrons. The van der Waals surface area contributed by atoms with Crippen LogP contribution in [0.15, 0.2) is 78.5 Å². The molecule has 0 aromatic heterocycles. The van der Waals surface area contributed by atoms with Crippen molar-refractivity contribution in [2.45, 2.75) is 13.8 Å². The van der Waals surface area contributed by atoms with Crippen molar-refractivity contribution in [3.63, 3.8) is 0 Å². The van der Waals surface area contributed by atoms with E-state index in [1.54, 1.807) is 48.5 Å². The third-order valence-corrected chi connectivity index (χ3v) is 5.08. The average molecular weight is 459 g/mol. The van der Waals surface area contributed by atoms with Crippen molar-refractivity contribution >= 4 is 40.4 Å². The Labute approximate surface area is 195 Å². The zero-order valence-corrected chi connectivity index (χ0v) is 18.6. The van der Waals surface area contributed by atoms with Crippen molar-refractivity contribution < 1.29 is 23.5 Å².